The molecular formula is C30H57NO8S. The minimum Gasteiger partial charge on any atom is -0.466 e. The van der Waals surface area contributed by atoms with E-state index in [1.54, 1.807) is 0 Å². The van der Waals surface area contributed by atoms with Crippen molar-refractivity contribution >= 4 is 28.0 Å². The lowest BCUT2D eigenvalue weighted by molar-refractivity contribution is -0.153. The summed E-state index contributed by atoms with van der Waals surface area (Å²) in [5.41, 5.74) is 0. The lowest BCUT2D eigenvalue weighted by Gasteiger charge is -2.17. The van der Waals surface area contributed by atoms with Crippen molar-refractivity contribution in [2.75, 3.05) is 19.0 Å². The van der Waals surface area contributed by atoms with Gasteiger partial charge in [0.15, 0.2) is 5.75 Å². The summed E-state index contributed by atoms with van der Waals surface area (Å²) in [6, 6.07) is -1.38. The number of unbranched alkanes of at least 4 members (excludes halogenated alkanes) is 18. The largest absolute Gasteiger partial charge is 0.466 e. The van der Waals surface area contributed by atoms with Gasteiger partial charge in [-0.05, 0) is 12.8 Å². The molecule has 0 aliphatic rings. The van der Waals surface area contributed by atoms with Crippen molar-refractivity contribution in [3.05, 3.63) is 0 Å². The highest BCUT2D eigenvalue weighted by Crippen LogP contribution is 2.12. The topological polar surface area (TPSA) is 136 Å². The van der Waals surface area contributed by atoms with E-state index in [2.05, 4.69) is 19.2 Å². The van der Waals surface area contributed by atoms with E-state index in [4.69, 9.17) is 14.0 Å². The first-order chi connectivity index (χ1) is 19.2. The molecule has 0 spiro atoms. The van der Waals surface area contributed by atoms with E-state index in [1.165, 1.54) is 77.0 Å². The van der Waals surface area contributed by atoms with Crippen LogP contribution in [0.4, 0.5) is 0 Å². The Morgan fingerprint density at radius 3 is 1.40 bits per heavy atom. The number of carbonyl (C=O) groups excluding carboxylic acids is 3. The van der Waals surface area contributed by atoms with Crippen molar-refractivity contribution < 1.29 is 36.8 Å². The van der Waals surface area contributed by atoms with Gasteiger partial charge in [-0.15, -0.1) is 0 Å². The Labute approximate surface area is 243 Å². The zero-order valence-corrected chi connectivity index (χ0v) is 26.1. The van der Waals surface area contributed by atoms with E-state index in [0.717, 1.165) is 38.5 Å². The number of rotatable bonds is 28. The van der Waals surface area contributed by atoms with Crippen LogP contribution in [0, 0.1) is 0 Å². The number of hydrogen-bond acceptors (Lipinski definition) is 7. The molecule has 0 bridgehead atoms. The maximum atomic E-state index is 12.5. The highest BCUT2D eigenvalue weighted by atomic mass is 32.2. The van der Waals surface area contributed by atoms with Crippen LogP contribution in [0.2, 0.25) is 0 Å². The third-order valence-corrected chi connectivity index (χ3v) is 7.43. The molecule has 0 saturated carbocycles. The SMILES string of the molecule is CCCCCCCCCCCCOC(=O)CC(NC(=O)CS(=O)(=O)O)C(=O)OCCCCCCCCCCCC. The van der Waals surface area contributed by atoms with Crippen molar-refractivity contribution in [2.45, 2.75) is 155 Å². The summed E-state index contributed by atoms with van der Waals surface area (Å²) >= 11 is 0. The fraction of sp³-hybridized carbons (Fsp3) is 0.900. The summed E-state index contributed by atoms with van der Waals surface area (Å²) < 4.78 is 41.4. The first-order valence-corrected chi connectivity index (χ1v) is 17.4. The molecule has 0 aromatic carbocycles. The second-order valence-corrected chi connectivity index (χ2v) is 12.3. The van der Waals surface area contributed by atoms with Gasteiger partial charge in [-0.25, -0.2) is 4.79 Å². The highest BCUT2D eigenvalue weighted by Gasteiger charge is 2.27. The number of amides is 1. The van der Waals surface area contributed by atoms with Gasteiger partial charge in [-0.3, -0.25) is 14.1 Å². The van der Waals surface area contributed by atoms with E-state index >= 15 is 0 Å². The summed E-state index contributed by atoms with van der Waals surface area (Å²) in [7, 11) is -4.58. The zero-order valence-electron chi connectivity index (χ0n) is 25.3. The number of ether oxygens (including phenoxy) is 2. The molecule has 0 radical (unpaired) electrons. The summed E-state index contributed by atoms with van der Waals surface area (Å²) in [4.78, 5) is 36.8. The van der Waals surface area contributed by atoms with Crippen molar-refractivity contribution in [1.29, 1.82) is 0 Å². The second kappa shape index (κ2) is 26.2. The molecule has 0 fully saturated rings. The lowest BCUT2D eigenvalue weighted by atomic mass is 10.1. The van der Waals surface area contributed by atoms with Gasteiger partial charge in [0.05, 0.1) is 19.6 Å². The van der Waals surface area contributed by atoms with Gasteiger partial charge in [0, 0.05) is 0 Å². The van der Waals surface area contributed by atoms with Crippen LogP contribution >= 0.6 is 0 Å². The minimum absolute atomic E-state index is 0.146. The van der Waals surface area contributed by atoms with Crippen molar-refractivity contribution in [3.63, 3.8) is 0 Å². The first kappa shape index (κ1) is 38.3. The standard InChI is InChI=1S/C30H57NO8S/c1-3-5-7-9-11-13-15-17-19-21-23-38-29(33)25-27(31-28(32)26-40(35,36)37)30(34)39-24-22-20-18-16-14-12-10-8-6-4-2/h27H,3-26H2,1-2H3,(H,31,32)(H,35,36,37). The number of carbonyl (C=O) groups is 3. The molecule has 0 rings (SSSR count). The van der Waals surface area contributed by atoms with Crippen molar-refractivity contribution in [1.82, 2.24) is 5.32 Å². The molecule has 236 valence electrons. The predicted molar refractivity (Wildman–Crippen MR) is 159 cm³/mol. The molecule has 0 aliphatic heterocycles. The molecule has 0 aromatic rings. The number of hydrogen-bond donors (Lipinski definition) is 2. The Hall–Kier alpha value is -1.68. The molecule has 1 unspecified atom stereocenters. The quantitative estimate of drug-likeness (QED) is 0.0584. The normalized spacial score (nSPS) is 12.2. The van der Waals surface area contributed by atoms with Crippen LogP contribution in [-0.4, -0.2) is 55.8 Å². The molecular weight excluding hydrogens is 534 g/mol. The van der Waals surface area contributed by atoms with Crippen molar-refractivity contribution in [3.8, 4) is 0 Å². The van der Waals surface area contributed by atoms with Gasteiger partial charge in [0.25, 0.3) is 10.1 Å². The average molecular weight is 592 g/mol. The van der Waals surface area contributed by atoms with Gasteiger partial charge >= 0.3 is 11.9 Å². The molecule has 0 heterocycles. The number of esters is 2. The Bertz CT molecular complexity index is 757. The van der Waals surface area contributed by atoms with Gasteiger partial charge in [-0.2, -0.15) is 8.42 Å². The van der Waals surface area contributed by atoms with Crippen LogP contribution in [0.25, 0.3) is 0 Å². The molecule has 40 heavy (non-hydrogen) atoms. The molecule has 2 N–H and O–H groups in total. The second-order valence-electron chi connectivity index (χ2n) is 10.8. The summed E-state index contributed by atoms with van der Waals surface area (Å²) in [6.07, 6.45) is 22.3. The van der Waals surface area contributed by atoms with E-state index in [9.17, 15) is 22.8 Å². The fourth-order valence-electron chi connectivity index (χ4n) is 4.46. The summed E-state index contributed by atoms with van der Waals surface area (Å²) in [5.74, 6) is -3.80. The van der Waals surface area contributed by atoms with E-state index in [0.29, 0.717) is 12.8 Å². The van der Waals surface area contributed by atoms with E-state index in [-0.39, 0.29) is 13.2 Å². The summed E-state index contributed by atoms with van der Waals surface area (Å²) in [6.45, 7) is 4.77. The predicted octanol–water partition coefficient (Wildman–Crippen LogP) is 6.68. The van der Waals surface area contributed by atoms with Crippen LogP contribution in [0.15, 0.2) is 0 Å². The van der Waals surface area contributed by atoms with Gasteiger partial charge in [0.1, 0.15) is 6.04 Å². The molecule has 9 nitrogen and oxygen atoms in total. The molecule has 0 aromatic heterocycles. The average Bonchev–Trinajstić information content (AvgIpc) is 2.88. The fourth-order valence-corrected chi connectivity index (χ4v) is 4.87. The van der Waals surface area contributed by atoms with Gasteiger partial charge in [-0.1, -0.05) is 129 Å². The van der Waals surface area contributed by atoms with Gasteiger partial charge < -0.3 is 14.8 Å². The van der Waals surface area contributed by atoms with E-state index in [1.807, 2.05) is 0 Å². The van der Waals surface area contributed by atoms with Crippen LogP contribution in [0.5, 0.6) is 0 Å². The Morgan fingerprint density at radius 1 is 0.625 bits per heavy atom. The van der Waals surface area contributed by atoms with Crippen LogP contribution < -0.4 is 5.32 Å². The smallest absolute Gasteiger partial charge is 0.329 e. The monoisotopic (exact) mass is 591 g/mol. The van der Waals surface area contributed by atoms with Crippen LogP contribution in [-0.2, 0) is 34.0 Å². The molecule has 1 atom stereocenters. The zero-order chi connectivity index (χ0) is 29.9. The third kappa shape index (κ3) is 26.5. The maximum absolute atomic E-state index is 12.5. The molecule has 10 heteroatoms. The van der Waals surface area contributed by atoms with Gasteiger partial charge in [0.2, 0.25) is 5.91 Å². The lowest BCUT2D eigenvalue weighted by Crippen LogP contribution is -2.45. The molecule has 1 amide bonds. The number of nitrogens with one attached hydrogen (secondary N) is 1. The van der Waals surface area contributed by atoms with Crippen LogP contribution in [0.3, 0.4) is 0 Å². The third-order valence-electron chi connectivity index (χ3n) is 6.81. The molecule has 0 saturated heterocycles. The maximum Gasteiger partial charge on any atom is 0.329 e. The van der Waals surface area contributed by atoms with E-state index < -0.39 is 46.2 Å². The minimum atomic E-state index is -4.58. The Balaban J connectivity index is 4.28. The highest BCUT2D eigenvalue weighted by molar-refractivity contribution is 7.86. The molecule has 0 aliphatic carbocycles. The summed E-state index contributed by atoms with van der Waals surface area (Å²) in [5, 5.41) is 2.18. The Kier molecular flexibility index (Phi) is 25.1. The Morgan fingerprint density at radius 2 is 1.00 bits per heavy atom. The van der Waals surface area contributed by atoms with Crippen molar-refractivity contribution in [2.24, 2.45) is 0 Å². The van der Waals surface area contributed by atoms with Crippen LogP contribution in [0.1, 0.15) is 149 Å². The first-order valence-electron chi connectivity index (χ1n) is 15.8.